The van der Waals surface area contributed by atoms with E-state index < -0.39 is 17.0 Å². The van der Waals surface area contributed by atoms with Gasteiger partial charge in [-0.1, -0.05) is 26.0 Å². The summed E-state index contributed by atoms with van der Waals surface area (Å²) < 4.78 is 0. The summed E-state index contributed by atoms with van der Waals surface area (Å²) >= 11 is 0. The molecule has 1 aromatic carbocycles. The number of carbonyl (C=O) groups is 3. The Kier molecular flexibility index (Phi) is 6.28. The Hall–Kier alpha value is -3.43. The molecule has 0 aromatic heterocycles. The molecule has 2 aliphatic heterocycles. The molecule has 31 heavy (non-hydrogen) atoms. The fourth-order valence-electron chi connectivity index (χ4n) is 3.82. The van der Waals surface area contributed by atoms with Crippen molar-refractivity contribution < 1.29 is 19.3 Å². The summed E-state index contributed by atoms with van der Waals surface area (Å²) in [5.41, 5.74) is 1.18. The van der Waals surface area contributed by atoms with Crippen LogP contribution in [-0.2, 0) is 9.59 Å². The second-order valence-corrected chi connectivity index (χ2v) is 8.09. The van der Waals surface area contributed by atoms with E-state index in [0.29, 0.717) is 29.9 Å². The van der Waals surface area contributed by atoms with Crippen molar-refractivity contribution in [2.75, 3.05) is 19.6 Å². The number of nitro benzene ring substituents is 1. The highest BCUT2D eigenvalue weighted by atomic mass is 16.6. The van der Waals surface area contributed by atoms with Gasteiger partial charge < -0.3 is 15.5 Å². The summed E-state index contributed by atoms with van der Waals surface area (Å²) in [6, 6.07) is 3.93. The molecule has 0 spiro atoms. The van der Waals surface area contributed by atoms with Crippen molar-refractivity contribution in [1.29, 1.82) is 0 Å². The van der Waals surface area contributed by atoms with Gasteiger partial charge in [0.15, 0.2) is 0 Å². The van der Waals surface area contributed by atoms with Gasteiger partial charge in [-0.3, -0.25) is 24.6 Å². The van der Waals surface area contributed by atoms with Crippen molar-refractivity contribution in [2.24, 2.45) is 5.92 Å². The fraction of sp³-hybridized carbons (Fsp3) is 0.476. The van der Waals surface area contributed by atoms with E-state index in [1.165, 1.54) is 28.0 Å². The average Bonchev–Trinajstić information content (AvgIpc) is 3.07. The second-order valence-electron chi connectivity index (χ2n) is 8.09. The highest BCUT2D eigenvalue weighted by Crippen LogP contribution is 2.37. The van der Waals surface area contributed by atoms with Crippen molar-refractivity contribution in [3.8, 4) is 0 Å². The molecule has 0 aliphatic carbocycles. The van der Waals surface area contributed by atoms with Gasteiger partial charge >= 0.3 is 6.03 Å². The van der Waals surface area contributed by atoms with E-state index in [4.69, 9.17) is 0 Å². The van der Waals surface area contributed by atoms with Crippen LogP contribution in [0.2, 0.25) is 0 Å². The largest absolute Gasteiger partial charge is 0.354 e. The predicted molar refractivity (Wildman–Crippen MR) is 113 cm³/mol. The number of carbonyl (C=O) groups excluding carboxylic acids is 3. The summed E-state index contributed by atoms with van der Waals surface area (Å²) in [5.74, 6) is -0.360. The van der Waals surface area contributed by atoms with E-state index >= 15 is 0 Å². The number of likely N-dealkylation sites (N-methyl/N-ethyl adjacent to an activating group) is 1. The van der Waals surface area contributed by atoms with Gasteiger partial charge in [-0.15, -0.1) is 0 Å². The molecule has 0 saturated heterocycles. The van der Waals surface area contributed by atoms with Gasteiger partial charge in [-0.25, -0.2) is 4.79 Å². The van der Waals surface area contributed by atoms with Crippen LogP contribution < -0.4 is 10.6 Å². The Morgan fingerprint density at radius 2 is 2.03 bits per heavy atom. The standard InChI is InChI=1S/C21H27N5O5/c1-5-24-16-11-25(13(4)19(27)22-10-12(2)3)20(28)17(16)18(23-21(24)29)14-7-6-8-15(9-14)26(30)31/h6-9,12-13,18H,5,10-11H2,1-4H3,(H,22,27)(H,23,29)/t13-,18+/m0/s1. The zero-order valence-corrected chi connectivity index (χ0v) is 18.0. The molecule has 166 valence electrons. The molecule has 2 atom stereocenters. The van der Waals surface area contributed by atoms with Gasteiger partial charge in [0.05, 0.1) is 28.8 Å². The monoisotopic (exact) mass is 429 g/mol. The molecular weight excluding hydrogens is 402 g/mol. The number of nitrogens with zero attached hydrogens (tertiary/aromatic N) is 3. The smallest absolute Gasteiger partial charge is 0.322 e. The van der Waals surface area contributed by atoms with Gasteiger partial charge in [0.2, 0.25) is 5.91 Å². The Labute approximate surface area is 180 Å². The molecule has 10 nitrogen and oxygen atoms in total. The zero-order chi connectivity index (χ0) is 22.9. The Morgan fingerprint density at radius 1 is 1.32 bits per heavy atom. The van der Waals surface area contributed by atoms with Crippen molar-refractivity contribution >= 4 is 23.5 Å². The van der Waals surface area contributed by atoms with Gasteiger partial charge in [0.25, 0.3) is 11.6 Å². The van der Waals surface area contributed by atoms with Crippen LogP contribution in [-0.4, -0.2) is 58.2 Å². The molecule has 0 radical (unpaired) electrons. The van der Waals surface area contributed by atoms with Crippen LogP contribution >= 0.6 is 0 Å². The molecule has 3 rings (SSSR count). The average molecular weight is 429 g/mol. The van der Waals surface area contributed by atoms with Crippen molar-refractivity contribution in [1.82, 2.24) is 20.4 Å². The van der Waals surface area contributed by atoms with Gasteiger partial charge in [-0.2, -0.15) is 0 Å². The molecule has 0 saturated carbocycles. The minimum atomic E-state index is -0.825. The maximum Gasteiger partial charge on any atom is 0.322 e. The van der Waals surface area contributed by atoms with Gasteiger partial charge in [-0.05, 0) is 25.3 Å². The lowest BCUT2D eigenvalue weighted by Gasteiger charge is -2.32. The minimum Gasteiger partial charge on any atom is -0.354 e. The predicted octanol–water partition coefficient (Wildman–Crippen LogP) is 1.94. The molecule has 4 amide bonds. The molecule has 0 unspecified atom stereocenters. The van der Waals surface area contributed by atoms with E-state index in [1.807, 2.05) is 13.8 Å². The SMILES string of the molecule is CCN1C(=O)N[C@H](c2cccc([N+](=O)[O-])c2)C2=C1CN([C@@H](C)C(=O)NCC(C)C)C2=O. The van der Waals surface area contributed by atoms with Crippen LogP contribution in [0.4, 0.5) is 10.5 Å². The van der Waals surface area contributed by atoms with Crippen molar-refractivity contribution in [2.45, 2.75) is 39.8 Å². The number of non-ortho nitro benzene ring substituents is 1. The normalized spacial score (nSPS) is 19.5. The third-order valence-electron chi connectivity index (χ3n) is 5.51. The minimum absolute atomic E-state index is 0.122. The maximum atomic E-state index is 13.4. The number of nitro groups is 1. The third kappa shape index (κ3) is 4.23. The van der Waals surface area contributed by atoms with E-state index in [1.54, 1.807) is 19.9 Å². The van der Waals surface area contributed by atoms with Gasteiger partial charge in [0.1, 0.15) is 6.04 Å². The third-order valence-corrected chi connectivity index (χ3v) is 5.51. The lowest BCUT2D eigenvalue weighted by Crippen LogP contribution is -2.47. The van der Waals surface area contributed by atoms with Crippen LogP contribution in [0.1, 0.15) is 39.3 Å². The Balaban J connectivity index is 1.95. The highest BCUT2D eigenvalue weighted by molar-refractivity contribution is 6.03. The van der Waals surface area contributed by atoms with Crippen LogP contribution in [0.5, 0.6) is 0 Å². The summed E-state index contributed by atoms with van der Waals surface area (Å²) in [6.45, 7) is 8.37. The zero-order valence-electron chi connectivity index (χ0n) is 18.0. The topological polar surface area (TPSA) is 125 Å². The van der Waals surface area contributed by atoms with Crippen LogP contribution in [0.25, 0.3) is 0 Å². The molecule has 0 fully saturated rings. The highest BCUT2D eigenvalue weighted by Gasteiger charge is 2.46. The molecule has 1 aromatic rings. The number of amides is 4. The molecule has 2 N–H and O–H groups in total. The Bertz CT molecular complexity index is 957. The number of rotatable bonds is 7. The molecule has 2 aliphatic rings. The Morgan fingerprint density at radius 3 is 2.65 bits per heavy atom. The fourth-order valence-corrected chi connectivity index (χ4v) is 3.82. The lowest BCUT2D eigenvalue weighted by atomic mass is 9.95. The van der Waals surface area contributed by atoms with Crippen LogP contribution in [0.15, 0.2) is 35.5 Å². The van der Waals surface area contributed by atoms with Crippen LogP contribution in [0.3, 0.4) is 0 Å². The van der Waals surface area contributed by atoms with Crippen molar-refractivity contribution in [3.63, 3.8) is 0 Å². The lowest BCUT2D eigenvalue weighted by molar-refractivity contribution is -0.384. The van der Waals surface area contributed by atoms with E-state index in [0.717, 1.165) is 0 Å². The summed E-state index contributed by atoms with van der Waals surface area (Å²) in [5, 5.41) is 16.8. The first-order chi connectivity index (χ1) is 14.6. The van der Waals surface area contributed by atoms with Crippen molar-refractivity contribution in [3.05, 3.63) is 51.2 Å². The van der Waals surface area contributed by atoms with E-state index in [-0.39, 0.29) is 36.0 Å². The number of hydrogen-bond donors (Lipinski definition) is 2. The molecule has 2 heterocycles. The first-order valence-corrected chi connectivity index (χ1v) is 10.3. The first-order valence-electron chi connectivity index (χ1n) is 10.3. The van der Waals surface area contributed by atoms with Gasteiger partial charge in [0, 0.05) is 25.2 Å². The van der Waals surface area contributed by atoms with Crippen LogP contribution in [0, 0.1) is 16.0 Å². The molecule has 0 bridgehead atoms. The molecule has 10 heteroatoms. The summed E-state index contributed by atoms with van der Waals surface area (Å²) in [6.07, 6.45) is 0. The summed E-state index contributed by atoms with van der Waals surface area (Å²) in [7, 11) is 0. The van der Waals surface area contributed by atoms with E-state index in [2.05, 4.69) is 10.6 Å². The number of nitrogens with one attached hydrogen (secondary N) is 2. The number of hydrogen-bond acceptors (Lipinski definition) is 5. The first kappa shape index (κ1) is 22.3. The maximum absolute atomic E-state index is 13.4. The van der Waals surface area contributed by atoms with E-state index in [9.17, 15) is 24.5 Å². The molecular formula is C21H27N5O5. The number of benzene rings is 1. The summed E-state index contributed by atoms with van der Waals surface area (Å²) in [4.78, 5) is 52.2. The quantitative estimate of drug-likeness (QED) is 0.506. The number of urea groups is 1. The second kappa shape index (κ2) is 8.75.